The first-order valence-electron chi connectivity index (χ1n) is 12.7. The van der Waals surface area contributed by atoms with E-state index in [4.69, 9.17) is 0 Å². The number of carbonyl (C=O) groups excluding carboxylic acids is 2. The van der Waals surface area contributed by atoms with Crippen molar-refractivity contribution in [3.63, 3.8) is 0 Å². The Kier molecular flexibility index (Phi) is 6.44. The van der Waals surface area contributed by atoms with Gasteiger partial charge in [0.15, 0.2) is 5.78 Å². The SMILES string of the molecule is CCCCNC(=O)c1cc(-c2cccc(C)c2C)c2c(c1N1CCNCC1)C(=O)c1ccccc1-2. The molecule has 0 spiro atoms. The van der Waals surface area contributed by atoms with Gasteiger partial charge in [-0.05, 0) is 54.2 Å². The van der Waals surface area contributed by atoms with Crippen molar-refractivity contribution in [3.05, 3.63) is 76.3 Å². The number of hydrogen-bond acceptors (Lipinski definition) is 4. The molecule has 1 aliphatic heterocycles. The minimum absolute atomic E-state index is 0.0129. The Labute approximate surface area is 207 Å². The number of hydrogen-bond donors (Lipinski definition) is 2. The van der Waals surface area contributed by atoms with E-state index in [9.17, 15) is 9.59 Å². The number of ketones is 1. The maximum atomic E-state index is 13.9. The number of aryl methyl sites for hydroxylation is 1. The fourth-order valence-electron chi connectivity index (χ4n) is 5.33. The van der Waals surface area contributed by atoms with Gasteiger partial charge in [-0.25, -0.2) is 0 Å². The lowest BCUT2D eigenvalue weighted by molar-refractivity contribution is 0.0953. The normalized spacial score (nSPS) is 14.6. The van der Waals surface area contributed by atoms with Gasteiger partial charge in [0, 0.05) is 43.9 Å². The molecule has 5 rings (SSSR count). The summed E-state index contributed by atoms with van der Waals surface area (Å²) in [6.45, 7) is 10.1. The van der Waals surface area contributed by atoms with E-state index >= 15 is 0 Å². The Balaban J connectivity index is 1.82. The number of unbranched alkanes of at least 4 members (excludes halogenated alkanes) is 1. The summed E-state index contributed by atoms with van der Waals surface area (Å²) in [6.07, 6.45) is 1.94. The van der Waals surface area contributed by atoms with Crippen LogP contribution in [0.1, 0.15) is 57.2 Å². The van der Waals surface area contributed by atoms with Crippen molar-refractivity contribution in [2.45, 2.75) is 33.6 Å². The number of anilines is 1. The van der Waals surface area contributed by atoms with Gasteiger partial charge in [-0.1, -0.05) is 55.8 Å². The first-order chi connectivity index (χ1) is 17.0. The summed E-state index contributed by atoms with van der Waals surface area (Å²) < 4.78 is 0. The molecule has 1 saturated heterocycles. The predicted molar refractivity (Wildman–Crippen MR) is 143 cm³/mol. The standard InChI is InChI=1S/C30H33N3O2/c1-4-5-13-32-30(35)25-18-24(21-12-8-9-19(2)20(21)3)26-22-10-6-7-11-23(22)29(34)27(26)28(25)33-16-14-31-15-17-33/h6-12,18,31H,4-5,13-17H2,1-3H3,(H,32,35). The Morgan fingerprint density at radius 1 is 0.943 bits per heavy atom. The highest BCUT2D eigenvalue weighted by Crippen LogP contribution is 2.49. The zero-order chi connectivity index (χ0) is 24.5. The van der Waals surface area contributed by atoms with E-state index in [0.717, 1.165) is 67.0 Å². The molecule has 1 fully saturated rings. The van der Waals surface area contributed by atoms with E-state index in [2.05, 4.69) is 54.5 Å². The number of rotatable bonds is 6. The highest BCUT2D eigenvalue weighted by atomic mass is 16.1. The lowest BCUT2D eigenvalue weighted by atomic mass is 9.87. The number of carbonyl (C=O) groups is 2. The lowest BCUT2D eigenvalue weighted by Crippen LogP contribution is -2.45. The highest BCUT2D eigenvalue weighted by Gasteiger charge is 2.36. The molecule has 180 valence electrons. The highest BCUT2D eigenvalue weighted by molar-refractivity contribution is 6.28. The molecule has 0 radical (unpaired) electrons. The molecule has 3 aromatic rings. The minimum atomic E-state index is -0.106. The lowest BCUT2D eigenvalue weighted by Gasteiger charge is -2.33. The maximum absolute atomic E-state index is 13.9. The van der Waals surface area contributed by atoms with E-state index in [1.165, 1.54) is 11.1 Å². The number of fused-ring (bicyclic) bond motifs is 3. The fraction of sp³-hybridized carbons (Fsp3) is 0.333. The number of nitrogens with one attached hydrogen (secondary N) is 2. The minimum Gasteiger partial charge on any atom is -0.368 e. The summed E-state index contributed by atoms with van der Waals surface area (Å²) in [5.41, 5.74) is 9.06. The number of nitrogens with zero attached hydrogens (tertiary/aromatic N) is 1. The van der Waals surface area contributed by atoms with Gasteiger partial charge in [-0.15, -0.1) is 0 Å². The van der Waals surface area contributed by atoms with Crippen LogP contribution in [0.4, 0.5) is 5.69 Å². The molecular formula is C30H33N3O2. The zero-order valence-corrected chi connectivity index (χ0v) is 20.8. The van der Waals surface area contributed by atoms with E-state index < -0.39 is 0 Å². The fourth-order valence-corrected chi connectivity index (χ4v) is 5.33. The van der Waals surface area contributed by atoms with Gasteiger partial charge in [0.2, 0.25) is 0 Å². The van der Waals surface area contributed by atoms with Crippen LogP contribution >= 0.6 is 0 Å². The van der Waals surface area contributed by atoms with Gasteiger partial charge in [-0.2, -0.15) is 0 Å². The molecule has 0 saturated carbocycles. The average molecular weight is 468 g/mol. The summed E-state index contributed by atoms with van der Waals surface area (Å²) >= 11 is 0. The van der Waals surface area contributed by atoms with Crippen molar-refractivity contribution < 1.29 is 9.59 Å². The number of benzene rings is 3. The molecule has 2 aliphatic rings. The molecule has 1 amide bonds. The maximum Gasteiger partial charge on any atom is 0.253 e. The number of piperazine rings is 1. The third kappa shape index (κ3) is 4.04. The summed E-state index contributed by atoms with van der Waals surface area (Å²) in [5.74, 6) is -0.0935. The van der Waals surface area contributed by atoms with E-state index in [0.29, 0.717) is 23.2 Å². The summed E-state index contributed by atoms with van der Waals surface area (Å²) in [4.78, 5) is 29.8. The van der Waals surface area contributed by atoms with Crippen LogP contribution in [0.25, 0.3) is 22.3 Å². The monoisotopic (exact) mass is 467 g/mol. The van der Waals surface area contributed by atoms with Crippen molar-refractivity contribution in [2.24, 2.45) is 0 Å². The third-order valence-corrected chi connectivity index (χ3v) is 7.36. The average Bonchev–Trinajstić information content (AvgIpc) is 3.18. The Morgan fingerprint density at radius 2 is 1.66 bits per heavy atom. The van der Waals surface area contributed by atoms with Gasteiger partial charge in [0.1, 0.15) is 0 Å². The molecule has 2 N–H and O–H groups in total. The molecule has 5 heteroatoms. The van der Waals surface area contributed by atoms with Gasteiger partial charge < -0.3 is 15.5 Å². The van der Waals surface area contributed by atoms with Crippen molar-refractivity contribution in [2.75, 3.05) is 37.6 Å². The molecule has 0 bridgehead atoms. The predicted octanol–water partition coefficient (Wildman–Crippen LogP) is 5.12. The molecule has 5 nitrogen and oxygen atoms in total. The number of amides is 1. The van der Waals surface area contributed by atoms with Crippen LogP contribution in [0.5, 0.6) is 0 Å². The molecule has 1 aliphatic carbocycles. The quantitative estimate of drug-likeness (QED) is 0.386. The van der Waals surface area contributed by atoms with Gasteiger partial charge in [0.05, 0.1) is 16.8 Å². The first kappa shape index (κ1) is 23.3. The molecular weight excluding hydrogens is 434 g/mol. The Morgan fingerprint density at radius 3 is 2.40 bits per heavy atom. The summed E-state index contributed by atoms with van der Waals surface area (Å²) in [5, 5.41) is 6.51. The third-order valence-electron chi connectivity index (χ3n) is 7.36. The van der Waals surface area contributed by atoms with Crippen LogP contribution in [0.15, 0.2) is 48.5 Å². The van der Waals surface area contributed by atoms with Crippen molar-refractivity contribution in [1.29, 1.82) is 0 Å². The van der Waals surface area contributed by atoms with E-state index in [-0.39, 0.29) is 11.7 Å². The first-order valence-corrected chi connectivity index (χ1v) is 12.7. The summed E-state index contributed by atoms with van der Waals surface area (Å²) in [7, 11) is 0. The van der Waals surface area contributed by atoms with Crippen LogP contribution in [0.3, 0.4) is 0 Å². The van der Waals surface area contributed by atoms with Crippen molar-refractivity contribution in [3.8, 4) is 22.3 Å². The van der Waals surface area contributed by atoms with Crippen LogP contribution in [-0.2, 0) is 0 Å². The van der Waals surface area contributed by atoms with Gasteiger partial charge >= 0.3 is 0 Å². The second kappa shape index (κ2) is 9.67. The van der Waals surface area contributed by atoms with Gasteiger partial charge in [0.25, 0.3) is 5.91 Å². The molecule has 1 heterocycles. The topological polar surface area (TPSA) is 61.4 Å². The summed E-state index contributed by atoms with van der Waals surface area (Å²) in [6, 6.07) is 16.2. The van der Waals surface area contributed by atoms with Crippen molar-refractivity contribution >= 4 is 17.4 Å². The largest absolute Gasteiger partial charge is 0.368 e. The molecule has 0 unspecified atom stereocenters. The van der Waals surface area contributed by atoms with E-state index in [1.807, 2.05) is 30.3 Å². The van der Waals surface area contributed by atoms with E-state index in [1.54, 1.807) is 0 Å². The second-order valence-corrected chi connectivity index (χ2v) is 9.54. The van der Waals surface area contributed by atoms with Crippen LogP contribution < -0.4 is 15.5 Å². The molecule has 0 atom stereocenters. The van der Waals surface area contributed by atoms with Crippen LogP contribution in [0.2, 0.25) is 0 Å². The zero-order valence-electron chi connectivity index (χ0n) is 20.8. The van der Waals surface area contributed by atoms with Crippen molar-refractivity contribution in [1.82, 2.24) is 10.6 Å². The van der Waals surface area contributed by atoms with Gasteiger partial charge in [-0.3, -0.25) is 9.59 Å². The second-order valence-electron chi connectivity index (χ2n) is 9.54. The Bertz CT molecular complexity index is 1310. The smallest absolute Gasteiger partial charge is 0.253 e. The molecule has 3 aromatic carbocycles. The Hall–Kier alpha value is -3.44. The van der Waals surface area contributed by atoms with Crippen LogP contribution in [-0.4, -0.2) is 44.4 Å². The molecule has 0 aromatic heterocycles. The van der Waals surface area contributed by atoms with Crippen LogP contribution in [0, 0.1) is 13.8 Å². The molecule has 35 heavy (non-hydrogen) atoms.